The Morgan fingerprint density at radius 2 is 1.86 bits per heavy atom. The SMILES string of the molecule is CC(C)SCC1(CN2CCCC2)CC1. The van der Waals surface area contributed by atoms with Crippen LogP contribution in [0.25, 0.3) is 0 Å². The Morgan fingerprint density at radius 1 is 1.21 bits per heavy atom. The monoisotopic (exact) mass is 213 g/mol. The molecule has 2 heteroatoms. The Balaban J connectivity index is 1.72. The van der Waals surface area contributed by atoms with Gasteiger partial charge in [-0.1, -0.05) is 13.8 Å². The first-order valence-electron chi connectivity index (χ1n) is 6.04. The van der Waals surface area contributed by atoms with Gasteiger partial charge in [-0.25, -0.2) is 0 Å². The van der Waals surface area contributed by atoms with Crippen LogP contribution in [0.3, 0.4) is 0 Å². The van der Waals surface area contributed by atoms with E-state index < -0.39 is 0 Å². The van der Waals surface area contributed by atoms with Crippen LogP contribution >= 0.6 is 11.8 Å². The summed E-state index contributed by atoms with van der Waals surface area (Å²) < 4.78 is 0. The van der Waals surface area contributed by atoms with Gasteiger partial charge in [0.05, 0.1) is 0 Å². The van der Waals surface area contributed by atoms with E-state index in [1.165, 1.54) is 51.1 Å². The second kappa shape index (κ2) is 4.44. The van der Waals surface area contributed by atoms with Crippen LogP contribution in [0.2, 0.25) is 0 Å². The largest absolute Gasteiger partial charge is 0.303 e. The van der Waals surface area contributed by atoms with Gasteiger partial charge in [0.25, 0.3) is 0 Å². The van der Waals surface area contributed by atoms with Crippen molar-refractivity contribution in [1.29, 1.82) is 0 Å². The van der Waals surface area contributed by atoms with Crippen LogP contribution in [-0.2, 0) is 0 Å². The van der Waals surface area contributed by atoms with Crippen molar-refractivity contribution in [3.05, 3.63) is 0 Å². The smallest absolute Gasteiger partial charge is 0.00459 e. The van der Waals surface area contributed by atoms with E-state index in [1.54, 1.807) is 0 Å². The van der Waals surface area contributed by atoms with E-state index in [-0.39, 0.29) is 0 Å². The van der Waals surface area contributed by atoms with Gasteiger partial charge in [0.2, 0.25) is 0 Å². The molecule has 2 fully saturated rings. The number of thioether (sulfide) groups is 1. The van der Waals surface area contributed by atoms with Crippen molar-refractivity contribution in [3.63, 3.8) is 0 Å². The summed E-state index contributed by atoms with van der Waals surface area (Å²) in [6.07, 6.45) is 5.85. The molecular formula is C12H23NS. The fourth-order valence-corrected chi connectivity index (χ4v) is 3.35. The zero-order valence-corrected chi connectivity index (χ0v) is 10.4. The van der Waals surface area contributed by atoms with Crippen LogP contribution in [0.4, 0.5) is 0 Å². The number of nitrogens with zero attached hydrogens (tertiary/aromatic N) is 1. The minimum atomic E-state index is 0.735. The third-order valence-corrected chi connectivity index (χ3v) is 4.88. The predicted molar refractivity (Wildman–Crippen MR) is 64.9 cm³/mol. The second-order valence-corrected chi connectivity index (χ2v) is 6.91. The average molecular weight is 213 g/mol. The molecule has 1 aliphatic carbocycles. The van der Waals surface area contributed by atoms with Crippen LogP contribution in [0.15, 0.2) is 0 Å². The van der Waals surface area contributed by atoms with Crippen LogP contribution in [0.1, 0.15) is 39.5 Å². The zero-order chi connectivity index (χ0) is 10.0. The predicted octanol–water partition coefficient (Wildman–Crippen LogP) is 3.00. The summed E-state index contributed by atoms with van der Waals surface area (Å²) in [6.45, 7) is 8.77. The summed E-state index contributed by atoms with van der Waals surface area (Å²) in [5.41, 5.74) is 0.735. The first kappa shape index (κ1) is 10.8. The van der Waals surface area contributed by atoms with Gasteiger partial charge in [0.15, 0.2) is 0 Å². The minimum absolute atomic E-state index is 0.735. The van der Waals surface area contributed by atoms with E-state index in [2.05, 4.69) is 30.5 Å². The number of likely N-dealkylation sites (tertiary alicyclic amines) is 1. The van der Waals surface area contributed by atoms with Crippen LogP contribution < -0.4 is 0 Å². The molecular weight excluding hydrogens is 190 g/mol. The van der Waals surface area contributed by atoms with Gasteiger partial charge in [-0.15, -0.1) is 0 Å². The minimum Gasteiger partial charge on any atom is -0.303 e. The molecule has 2 aliphatic rings. The van der Waals surface area contributed by atoms with E-state index in [1.807, 2.05) is 0 Å². The fraction of sp³-hybridized carbons (Fsp3) is 1.00. The van der Waals surface area contributed by atoms with E-state index in [9.17, 15) is 0 Å². The standard InChI is InChI=1S/C12H23NS/c1-11(2)14-10-12(5-6-12)9-13-7-3-4-8-13/h11H,3-10H2,1-2H3. The molecule has 0 aromatic carbocycles. The van der Waals surface area contributed by atoms with Crippen molar-refractivity contribution in [3.8, 4) is 0 Å². The highest BCUT2D eigenvalue weighted by molar-refractivity contribution is 7.99. The molecule has 0 amide bonds. The van der Waals surface area contributed by atoms with Gasteiger partial charge in [-0.05, 0) is 49.4 Å². The first-order valence-corrected chi connectivity index (χ1v) is 7.09. The van der Waals surface area contributed by atoms with Crippen molar-refractivity contribution >= 4 is 11.8 Å². The molecule has 82 valence electrons. The quantitative estimate of drug-likeness (QED) is 0.690. The maximum atomic E-state index is 2.69. The summed E-state index contributed by atoms with van der Waals surface area (Å²) >= 11 is 2.16. The lowest BCUT2D eigenvalue weighted by Gasteiger charge is -2.23. The summed E-state index contributed by atoms with van der Waals surface area (Å²) in [5, 5.41) is 0.811. The summed E-state index contributed by atoms with van der Waals surface area (Å²) in [6, 6.07) is 0. The van der Waals surface area contributed by atoms with Crippen molar-refractivity contribution in [1.82, 2.24) is 4.90 Å². The molecule has 0 aromatic rings. The molecule has 1 aliphatic heterocycles. The van der Waals surface area contributed by atoms with Crippen LogP contribution in [-0.4, -0.2) is 35.5 Å². The van der Waals surface area contributed by atoms with Gasteiger partial charge in [-0.2, -0.15) is 11.8 Å². The maximum absolute atomic E-state index is 2.69. The molecule has 1 saturated heterocycles. The lowest BCUT2D eigenvalue weighted by Crippen LogP contribution is -2.29. The fourth-order valence-electron chi connectivity index (χ4n) is 2.28. The third-order valence-electron chi connectivity index (χ3n) is 3.44. The Hall–Kier alpha value is 0.310. The van der Waals surface area contributed by atoms with Gasteiger partial charge >= 0.3 is 0 Å². The summed E-state index contributed by atoms with van der Waals surface area (Å²) in [7, 11) is 0. The summed E-state index contributed by atoms with van der Waals surface area (Å²) in [4.78, 5) is 2.69. The zero-order valence-electron chi connectivity index (χ0n) is 9.59. The number of hydrogen-bond acceptors (Lipinski definition) is 2. The lowest BCUT2D eigenvalue weighted by atomic mass is 10.1. The molecule has 0 spiro atoms. The number of rotatable bonds is 5. The Morgan fingerprint density at radius 3 is 2.36 bits per heavy atom. The Bertz CT molecular complexity index is 181. The van der Waals surface area contributed by atoms with Crippen molar-refractivity contribution in [2.24, 2.45) is 5.41 Å². The molecule has 14 heavy (non-hydrogen) atoms. The van der Waals surface area contributed by atoms with E-state index in [0.29, 0.717) is 0 Å². The molecule has 0 bridgehead atoms. The van der Waals surface area contributed by atoms with Gasteiger partial charge < -0.3 is 4.90 Å². The van der Waals surface area contributed by atoms with Gasteiger partial charge in [0, 0.05) is 12.3 Å². The normalized spacial score (nSPS) is 25.9. The third kappa shape index (κ3) is 2.90. The van der Waals surface area contributed by atoms with Crippen molar-refractivity contribution in [2.45, 2.75) is 44.8 Å². The maximum Gasteiger partial charge on any atom is 0.00459 e. The van der Waals surface area contributed by atoms with E-state index in [4.69, 9.17) is 0 Å². The molecule has 1 saturated carbocycles. The van der Waals surface area contributed by atoms with Crippen molar-refractivity contribution < 1.29 is 0 Å². The highest BCUT2D eigenvalue weighted by Crippen LogP contribution is 2.49. The molecule has 1 nitrogen and oxygen atoms in total. The van der Waals surface area contributed by atoms with E-state index in [0.717, 1.165) is 10.7 Å². The molecule has 0 aromatic heterocycles. The highest BCUT2D eigenvalue weighted by Gasteiger charge is 2.43. The Labute approximate surface area is 92.6 Å². The van der Waals surface area contributed by atoms with Gasteiger partial charge in [0.1, 0.15) is 0 Å². The first-order chi connectivity index (χ1) is 6.70. The Kier molecular flexibility index (Phi) is 3.43. The van der Waals surface area contributed by atoms with Crippen LogP contribution in [0, 0.1) is 5.41 Å². The molecule has 0 unspecified atom stereocenters. The van der Waals surface area contributed by atoms with Gasteiger partial charge in [-0.3, -0.25) is 0 Å². The topological polar surface area (TPSA) is 3.24 Å². The van der Waals surface area contributed by atoms with Crippen molar-refractivity contribution in [2.75, 3.05) is 25.4 Å². The molecule has 0 N–H and O–H groups in total. The average Bonchev–Trinajstić information content (AvgIpc) is 2.70. The second-order valence-electron chi connectivity index (χ2n) is 5.34. The molecule has 0 atom stereocenters. The highest BCUT2D eigenvalue weighted by atomic mass is 32.2. The lowest BCUT2D eigenvalue weighted by molar-refractivity contribution is 0.279. The molecule has 1 heterocycles. The van der Waals surface area contributed by atoms with E-state index >= 15 is 0 Å². The summed E-state index contributed by atoms with van der Waals surface area (Å²) in [5.74, 6) is 1.40. The number of hydrogen-bond donors (Lipinski definition) is 0. The molecule has 0 radical (unpaired) electrons. The van der Waals surface area contributed by atoms with Crippen LogP contribution in [0.5, 0.6) is 0 Å². The molecule has 2 rings (SSSR count).